The molecule has 1 aromatic carbocycles. The number of anilines is 1. The third-order valence-corrected chi connectivity index (χ3v) is 5.21. The smallest absolute Gasteiger partial charge is 0.311 e. The van der Waals surface area contributed by atoms with Crippen LogP contribution in [0.3, 0.4) is 0 Å². The van der Waals surface area contributed by atoms with Crippen LogP contribution in [0.2, 0.25) is 0 Å². The number of fused-ring (bicyclic) bond motifs is 1. The Hall–Kier alpha value is -3.10. The van der Waals surface area contributed by atoms with Gasteiger partial charge in [-0.3, -0.25) is 15.3 Å². The number of nitrogens with one attached hydrogen (secondary N) is 2. The first kappa shape index (κ1) is 21.6. The molecule has 7 nitrogen and oxygen atoms in total. The Labute approximate surface area is 173 Å². The van der Waals surface area contributed by atoms with Crippen molar-refractivity contribution < 1.29 is 29.6 Å². The summed E-state index contributed by atoms with van der Waals surface area (Å²) in [6.07, 6.45) is 1.84. The Morgan fingerprint density at radius 1 is 1.30 bits per heavy atom. The number of carbonyl (C=O) groups excluding carboxylic acids is 3. The van der Waals surface area contributed by atoms with Crippen molar-refractivity contribution in [2.75, 3.05) is 5.32 Å². The van der Waals surface area contributed by atoms with Gasteiger partial charge < -0.3 is 15.4 Å². The number of halogens is 1. The Morgan fingerprint density at radius 3 is 2.73 bits per heavy atom. The van der Waals surface area contributed by atoms with Crippen molar-refractivity contribution >= 4 is 34.9 Å². The fraction of sp³-hybridized carbons (Fsp3) is 0.318. The van der Waals surface area contributed by atoms with E-state index in [2.05, 4.69) is 16.0 Å². The fourth-order valence-corrected chi connectivity index (χ4v) is 3.77. The van der Waals surface area contributed by atoms with Gasteiger partial charge in [0.1, 0.15) is 5.82 Å². The zero-order valence-electron chi connectivity index (χ0n) is 17.0. The first-order valence-electron chi connectivity index (χ1n) is 9.75. The summed E-state index contributed by atoms with van der Waals surface area (Å²) in [6.45, 7) is 3.57. The molecule has 1 aliphatic heterocycles. The van der Waals surface area contributed by atoms with Gasteiger partial charge in [-0.2, -0.15) is 0 Å². The van der Waals surface area contributed by atoms with Gasteiger partial charge in [-0.1, -0.05) is 0 Å². The molecule has 6 N–H and O–H groups in total. The molecule has 0 radical (unpaired) electrons. The average Bonchev–Trinajstić information content (AvgIpc) is 3.10. The summed E-state index contributed by atoms with van der Waals surface area (Å²) < 4.78 is 13.6. The Balaban J connectivity index is 1.79. The Morgan fingerprint density at radius 2 is 2.03 bits per heavy atom. The summed E-state index contributed by atoms with van der Waals surface area (Å²) in [6, 6.07) is 4.10. The number of quaternary nitrogens is 1. The van der Waals surface area contributed by atoms with Crippen LogP contribution >= 0.6 is 0 Å². The van der Waals surface area contributed by atoms with Gasteiger partial charge in [-0.15, -0.1) is 0 Å². The Bertz CT molecular complexity index is 1050. The standard InChI is InChI=1S/C22H24FN3O4/c1-11-18(10-16-15-8-13(23)6-7-17(15)26-22(16)30)25-12(2)21(11)19(28)5-3-4-14(27)9-20(24)29/h6-8,10,14,25,27H,3-5,9H2,1-2H3,(H2,24,29)(H,26,30)/p+1. The molecule has 2 heterocycles. The summed E-state index contributed by atoms with van der Waals surface area (Å²) in [4.78, 5) is 39.1. The highest BCUT2D eigenvalue weighted by atomic mass is 19.1. The van der Waals surface area contributed by atoms with Gasteiger partial charge in [0.05, 0.1) is 18.1 Å². The second-order valence-corrected chi connectivity index (χ2v) is 7.58. The largest absolute Gasteiger partial charge is 0.392 e. The molecule has 1 atom stereocenters. The van der Waals surface area contributed by atoms with Crippen molar-refractivity contribution in [3.05, 3.63) is 52.1 Å². The summed E-state index contributed by atoms with van der Waals surface area (Å²) in [5, 5.41) is 12.5. The molecule has 2 amide bonds. The molecule has 0 bridgehead atoms. The van der Waals surface area contributed by atoms with Crippen LogP contribution in [0.1, 0.15) is 58.6 Å². The second-order valence-electron chi connectivity index (χ2n) is 7.58. The zero-order chi connectivity index (χ0) is 22.0. The first-order chi connectivity index (χ1) is 14.2. The molecule has 30 heavy (non-hydrogen) atoms. The van der Waals surface area contributed by atoms with Crippen LogP contribution in [0.4, 0.5) is 10.1 Å². The maximum atomic E-state index is 13.6. The van der Waals surface area contributed by atoms with Crippen molar-refractivity contribution in [1.29, 1.82) is 0 Å². The van der Waals surface area contributed by atoms with Crippen molar-refractivity contribution in [3.8, 4) is 0 Å². The van der Waals surface area contributed by atoms with Crippen LogP contribution in [-0.4, -0.2) is 33.8 Å². The van der Waals surface area contributed by atoms with E-state index in [-0.39, 0.29) is 30.4 Å². The van der Waals surface area contributed by atoms with Gasteiger partial charge >= 0.3 is 5.91 Å². The van der Waals surface area contributed by atoms with Crippen molar-refractivity contribution in [2.24, 2.45) is 0 Å². The second kappa shape index (κ2) is 8.73. The van der Waals surface area contributed by atoms with Crippen LogP contribution in [0, 0.1) is 19.7 Å². The first-order valence-corrected chi connectivity index (χ1v) is 9.75. The molecule has 0 saturated heterocycles. The minimum Gasteiger partial charge on any atom is -0.392 e. The number of aryl methyl sites for hydroxylation is 1. The number of aliphatic hydroxyl groups excluding tert-OH is 1. The lowest BCUT2D eigenvalue weighted by molar-refractivity contribution is -0.307. The molecule has 2 aromatic rings. The van der Waals surface area contributed by atoms with E-state index in [0.29, 0.717) is 52.2 Å². The SMILES string of the molecule is Cc1[nH]c(C=C2C(=O)Nc3ccc(F)cc32)c(C)c1C(=O)CCCC(O)CC([NH3+])=O. The lowest BCUT2D eigenvalue weighted by Crippen LogP contribution is -2.57. The summed E-state index contributed by atoms with van der Waals surface area (Å²) >= 11 is 0. The van der Waals surface area contributed by atoms with Crippen LogP contribution in [0.15, 0.2) is 18.2 Å². The van der Waals surface area contributed by atoms with Gasteiger partial charge in [0.15, 0.2) is 5.78 Å². The molecule has 0 saturated carbocycles. The molecule has 8 heteroatoms. The van der Waals surface area contributed by atoms with Crippen LogP contribution < -0.4 is 11.1 Å². The van der Waals surface area contributed by atoms with E-state index in [1.165, 1.54) is 18.2 Å². The van der Waals surface area contributed by atoms with E-state index in [1.807, 2.05) is 0 Å². The number of benzene rings is 1. The van der Waals surface area contributed by atoms with Crippen molar-refractivity contribution in [3.63, 3.8) is 0 Å². The van der Waals surface area contributed by atoms with Gasteiger partial charge in [0, 0.05) is 34.6 Å². The van der Waals surface area contributed by atoms with Crippen LogP contribution in [0.25, 0.3) is 11.6 Å². The van der Waals surface area contributed by atoms with Gasteiger partial charge in [-0.25, -0.2) is 9.18 Å². The number of aliphatic hydroxyl groups is 1. The van der Waals surface area contributed by atoms with Crippen LogP contribution in [-0.2, 0) is 9.59 Å². The normalized spacial score (nSPS) is 15.2. The number of aromatic nitrogens is 1. The molecular formula is C22H25FN3O4+. The number of Topliss-reactive ketones (excluding diaryl/α,β-unsaturated/α-hetero) is 1. The van der Waals surface area contributed by atoms with E-state index in [0.717, 1.165) is 0 Å². The third kappa shape index (κ3) is 4.55. The van der Waals surface area contributed by atoms with Gasteiger partial charge in [-0.05, 0) is 56.5 Å². The molecule has 0 fully saturated rings. The van der Waals surface area contributed by atoms with Gasteiger partial charge in [0.2, 0.25) is 0 Å². The lowest BCUT2D eigenvalue weighted by Gasteiger charge is -2.07. The highest BCUT2D eigenvalue weighted by Crippen LogP contribution is 2.34. The number of H-pyrrole nitrogens is 1. The summed E-state index contributed by atoms with van der Waals surface area (Å²) in [7, 11) is 0. The molecule has 0 aliphatic carbocycles. The molecule has 1 unspecified atom stereocenters. The van der Waals surface area contributed by atoms with E-state index in [1.54, 1.807) is 19.9 Å². The van der Waals surface area contributed by atoms with Gasteiger partial charge in [0.25, 0.3) is 5.91 Å². The van der Waals surface area contributed by atoms with E-state index >= 15 is 0 Å². The fourth-order valence-electron chi connectivity index (χ4n) is 3.77. The molecule has 1 aromatic heterocycles. The number of ketones is 1. The Kier molecular flexibility index (Phi) is 6.28. The van der Waals surface area contributed by atoms with E-state index in [4.69, 9.17) is 0 Å². The molecule has 3 rings (SSSR count). The highest BCUT2D eigenvalue weighted by molar-refractivity contribution is 6.34. The monoisotopic (exact) mass is 414 g/mol. The molecule has 1 aliphatic rings. The van der Waals surface area contributed by atoms with E-state index < -0.39 is 11.9 Å². The zero-order valence-corrected chi connectivity index (χ0v) is 17.0. The number of rotatable bonds is 8. The predicted molar refractivity (Wildman–Crippen MR) is 110 cm³/mol. The predicted octanol–water partition coefficient (Wildman–Crippen LogP) is 2.14. The van der Waals surface area contributed by atoms with E-state index in [9.17, 15) is 23.9 Å². The van der Waals surface area contributed by atoms with Crippen LogP contribution in [0.5, 0.6) is 0 Å². The van der Waals surface area contributed by atoms with Crippen molar-refractivity contribution in [2.45, 2.75) is 45.6 Å². The number of carbonyl (C=O) groups is 3. The molecular weight excluding hydrogens is 389 g/mol. The average molecular weight is 414 g/mol. The number of aromatic amines is 1. The molecule has 0 spiro atoms. The quantitative estimate of drug-likeness (QED) is 0.390. The lowest BCUT2D eigenvalue weighted by atomic mass is 9.99. The topological polar surface area (TPSA) is 127 Å². The van der Waals surface area contributed by atoms with Crippen molar-refractivity contribution in [1.82, 2.24) is 4.98 Å². The minimum absolute atomic E-state index is 0.0156. The number of amides is 2. The number of hydrogen-bond acceptors (Lipinski definition) is 4. The highest BCUT2D eigenvalue weighted by Gasteiger charge is 2.26. The summed E-state index contributed by atoms with van der Waals surface area (Å²) in [5.41, 5.74) is 7.13. The number of hydrogen-bond donors (Lipinski definition) is 4. The summed E-state index contributed by atoms with van der Waals surface area (Å²) in [5.74, 6) is -1.18. The maximum absolute atomic E-state index is 13.6. The minimum atomic E-state index is -0.794. The maximum Gasteiger partial charge on any atom is 0.311 e. The molecule has 158 valence electrons. The third-order valence-electron chi connectivity index (χ3n) is 5.21.